The van der Waals surface area contributed by atoms with Crippen LogP contribution in [0.15, 0.2) is 4.99 Å². The van der Waals surface area contributed by atoms with E-state index in [9.17, 15) is 21.6 Å². The third-order valence-electron chi connectivity index (χ3n) is 4.77. The van der Waals surface area contributed by atoms with E-state index in [4.69, 9.17) is 4.99 Å². The third-order valence-corrected chi connectivity index (χ3v) is 7.69. The number of alkyl halides is 3. The maximum absolute atomic E-state index is 12.7. The van der Waals surface area contributed by atoms with Gasteiger partial charge in [0.05, 0.1) is 0 Å². The summed E-state index contributed by atoms with van der Waals surface area (Å²) >= 11 is 1.93. The number of rotatable bonds is 4. The zero-order valence-electron chi connectivity index (χ0n) is 16.0. The normalized spacial score (nSPS) is 23.5. The highest BCUT2D eigenvalue weighted by molar-refractivity contribution is 8.00. The Morgan fingerprint density at radius 3 is 2.41 bits per heavy atom. The molecule has 158 valence electrons. The second-order valence-corrected chi connectivity index (χ2v) is 11.2. The van der Waals surface area contributed by atoms with Gasteiger partial charge in [-0.25, -0.2) is 8.42 Å². The van der Waals surface area contributed by atoms with Crippen LogP contribution in [0.2, 0.25) is 0 Å². The Kier molecular flexibility index (Phi) is 7.34. The Labute approximate surface area is 164 Å². The van der Waals surface area contributed by atoms with Crippen molar-refractivity contribution in [2.75, 3.05) is 45.0 Å². The van der Waals surface area contributed by atoms with Crippen molar-refractivity contribution >= 4 is 27.7 Å². The van der Waals surface area contributed by atoms with Gasteiger partial charge in [0.25, 0.3) is 0 Å². The summed E-state index contributed by atoms with van der Waals surface area (Å²) in [6, 6.07) is 0. The maximum atomic E-state index is 12.7. The molecule has 2 saturated heterocycles. The average molecular weight is 431 g/mol. The number of sulfonamides is 1. The van der Waals surface area contributed by atoms with Crippen molar-refractivity contribution in [2.24, 2.45) is 10.9 Å². The number of halogens is 3. The molecule has 0 atom stereocenters. The first-order chi connectivity index (χ1) is 12.5. The summed E-state index contributed by atoms with van der Waals surface area (Å²) in [4.78, 5) is 6.92. The van der Waals surface area contributed by atoms with Crippen LogP contribution in [0.3, 0.4) is 0 Å². The number of nitrogens with one attached hydrogen (secondary N) is 1. The minimum atomic E-state index is -5.23. The second kappa shape index (κ2) is 8.77. The molecule has 2 heterocycles. The monoisotopic (exact) mass is 430 g/mol. The molecule has 0 aliphatic carbocycles. The minimum absolute atomic E-state index is 0.0884. The number of aliphatic imine (C=N–C) groups is 1. The van der Waals surface area contributed by atoms with Gasteiger partial charge in [0.1, 0.15) is 0 Å². The molecule has 0 aromatic heterocycles. The molecule has 1 N–H and O–H groups in total. The predicted octanol–water partition coefficient (Wildman–Crippen LogP) is 2.34. The molecule has 11 heteroatoms. The molecule has 0 saturated carbocycles. The van der Waals surface area contributed by atoms with Crippen LogP contribution < -0.4 is 5.32 Å². The van der Waals surface area contributed by atoms with Gasteiger partial charge in [-0.3, -0.25) is 4.99 Å². The summed E-state index contributed by atoms with van der Waals surface area (Å²) in [6.07, 6.45) is 0.777. The van der Waals surface area contributed by atoms with Crippen molar-refractivity contribution in [1.82, 2.24) is 14.5 Å². The van der Waals surface area contributed by atoms with Gasteiger partial charge in [0.2, 0.25) is 0 Å². The van der Waals surface area contributed by atoms with E-state index in [0.717, 1.165) is 31.3 Å². The fourth-order valence-corrected chi connectivity index (χ4v) is 5.41. The van der Waals surface area contributed by atoms with Gasteiger partial charge in [-0.2, -0.15) is 29.2 Å². The van der Waals surface area contributed by atoms with Crippen LogP contribution in [0, 0.1) is 5.92 Å². The van der Waals surface area contributed by atoms with Crippen molar-refractivity contribution in [3.8, 4) is 0 Å². The summed E-state index contributed by atoms with van der Waals surface area (Å²) < 4.78 is 61.6. The quantitative estimate of drug-likeness (QED) is 0.548. The van der Waals surface area contributed by atoms with Gasteiger partial charge < -0.3 is 10.2 Å². The van der Waals surface area contributed by atoms with E-state index < -0.39 is 15.5 Å². The highest BCUT2D eigenvalue weighted by Gasteiger charge is 2.50. The molecule has 2 rings (SSSR count). The Morgan fingerprint density at radius 1 is 1.26 bits per heavy atom. The molecule has 0 unspecified atom stereocenters. The van der Waals surface area contributed by atoms with E-state index in [0.29, 0.717) is 23.7 Å². The zero-order valence-corrected chi connectivity index (χ0v) is 17.7. The third kappa shape index (κ3) is 5.90. The molecule has 0 amide bonds. The molecular formula is C16H29F3N4O2S2. The predicted molar refractivity (Wildman–Crippen MR) is 103 cm³/mol. The molecule has 2 aliphatic rings. The van der Waals surface area contributed by atoms with Crippen molar-refractivity contribution in [3.63, 3.8) is 0 Å². The summed E-state index contributed by atoms with van der Waals surface area (Å²) in [5.74, 6) is 1.94. The highest BCUT2D eigenvalue weighted by atomic mass is 32.2. The lowest BCUT2D eigenvalue weighted by molar-refractivity contribution is -0.0496. The van der Waals surface area contributed by atoms with E-state index in [1.807, 2.05) is 18.7 Å². The van der Waals surface area contributed by atoms with Gasteiger partial charge >= 0.3 is 15.5 Å². The Morgan fingerprint density at radius 2 is 1.89 bits per heavy atom. The number of hydrogen-bond acceptors (Lipinski definition) is 4. The van der Waals surface area contributed by atoms with Crippen molar-refractivity contribution in [3.05, 3.63) is 0 Å². The van der Waals surface area contributed by atoms with E-state index in [2.05, 4.69) is 24.1 Å². The fourth-order valence-electron chi connectivity index (χ4n) is 3.32. The first-order valence-corrected chi connectivity index (χ1v) is 11.6. The van der Waals surface area contributed by atoms with Crippen LogP contribution in [0.5, 0.6) is 0 Å². The van der Waals surface area contributed by atoms with Gasteiger partial charge in [-0.05, 0) is 39.5 Å². The van der Waals surface area contributed by atoms with Crippen molar-refractivity contribution in [2.45, 2.75) is 43.9 Å². The molecule has 0 spiro atoms. The molecule has 0 aromatic rings. The van der Waals surface area contributed by atoms with Crippen molar-refractivity contribution in [1.29, 1.82) is 0 Å². The van der Waals surface area contributed by atoms with E-state index >= 15 is 0 Å². The van der Waals surface area contributed by atoms with Crippen LogP contribution in [-0.4, -0.2) is 78.9 Å². The SMILES string of the molecule is CCNC(=NCC1CCN(S(=O)(=O)C(F)(F)F)CC1)N1CCSC(C)(C)C1. The molecule has 6 nitrogen and oxygen atoms in total. The Bertz CT molecular complexity index is 630. The second-order valence-electron chi connectivity index (χ2n) is 7.52. The molecular weight excluding hydrogens is 401 g/mol. The number of guanidine groups is 1. The van der Waals surface area contributed by atoms with E-state index in [-0.39, 0.29) is 23.8 Å². The van der Waals surface area contributed by atoms with E-state index in [1.54, 1.807) is 0 Å². The Balaban J connectivity index is 1.94. The summed E-state index contributed by atoms with van der Waals surface area (Å²) in [5.41, 5.74) is -5.23. The standard InChI is InChI=1S/C16H29F3N4O2S2/c1-4-20-14(22-9-10-26-15(2,3)12-22)21-11-13-5-7-23(8-6-13)27(24,25)16(17,18)19/h13H,4-12H2,1-3H3,(H,20,21). The minimum Gasteiger partial charge on any atom is -0.357 e. The highest BCUT2D eigenvalue weighted by Crippen LogP contribution is 2.31. The van der Waals surface area contributed by atoms with Crippen LogP contribution in [0.1, 0.15) is 33.6 Å². The molecule has 2 fully saturated rings. The molecule has 0 aromatic carbocycles. The molecule has 2 aliphatic heterocycles. The lowest BCUT2D eigenvalue weighted by Crippen LogP contribution is -2.51. The summed E-state index contributed by atoms with van der Waals surface area (Å²) in [6.45, 7) is 9.21. The lowest BCUT2D eigenvalue weighted by atomic mass is 9.98. The maximum Gasteiger partial charge on any atom is 0.511 e. The number of hydrogen-bond donors (Lipinski definition) is 1. The topological polar surface area (TPSA) is 65.0 Å². The lowest BCUT2D eigenvalue weighted by Gasteiger charge is -2.39. The van der Waals surface area contributed by atoms with Crippen LogP contribution >= 0.6 is 11.8 Å². The van der Waals surface area contributed by atoms with E-state index in [1.165, 1.54) is 0 Å². The average Bonchev–Trinajstić information content (AvgIpc) is 2.57. The molecule has 27 heavy (non-hydrogen) atoms. The number of piperidine rings is 1. The number of nitrogens with zero attached hydrogens (tertiary/aromatic N) is 3. The molecule has 0 bridgehead atoms. The molecule has 0 radical (unpaired) electrons. The van der Waals surface area contributed by atoms with Gasteiger partial charge in [0.15, 0.2) is 5.96 Å². The van der Waals surface area contributed by atoms with Crippen LogP contribution in [0.4, 0.5) is 13.2 Å². The van der Waals surface area contributed by atoms with Crippen LogP contribution in [-0.2, 0) is 10.0 Å². The Hall–Kier alpha value is -0.680. The van der Waals surface area contributed by atoms with Crippen molar-refractivity contribution < 1.29 is 21.6 Å². The first kappa shape index (κ1) is 22.6. The summed E-state index contributed by atoms with van der Waals surface area (Å²) in [7, 11) is -5.22. The van der Waals surface area contributed by atoms with Crippen LogP contribution in [0.25, 0.3) is 0 Å². The first-order valence-electron chi connectivity index (χ1n) is 9.20. The van der Waals surface area contributed by atoms with Gasteiger partial charge in [-0.15, -0.1) is 0 Å². The van der Waals surface area contributed by atoms with Gasteiger partial charge in [-0.1, -0.05) is 0 Å². The largest absolute Gasteiger partial charge is 0.511 e. The summed E-state index contributed by atoms with van der Waals surface area (Å²) in [5, 5.41) is 3.29. The smallest absolute Gasteiger partial charge is 0.357 e. The number of thioether (sulfide) groups is 1. The fraction of sp³-hybridized carbons (Fsp3) is 0.938. The zero-order chi connectivity index (χ0) is 20.3. The van der Waals surface area contributed by atoms with Gasteiger partial charge in [0, 0.05) is 49.8 Å².